The maximum atomic E-state index is 4.56. The number of rotatable bonds is 3. The van der Waals surface area contributed by atoms with Gasteiger partial charge in [0.05, 0.1) is 11.7 Å². The van der Waals surface area contributed by atoms with Crippen LogP contribution in [0.1, 0.15) is 0 Å². The second-order valence-electron chi connectivity index (χ2n) is 6.84. The van der Waals surface area contributed by atoms with Crippen molar-refractivity contribution in [2.24, 2.45) is 7.05 Å². The molecule has 0 saturated carbocycles. The van der Waals surface area contributed by atoms with Gasteiger partial charge in [0.25, 0.3) is 0 Å². The summed E-state index contributed by atoms with van der Waals surface area (Å²) in [7, 11) is 2.00. The fourth-order valence-corrected chi connectivity index (χ4v) is 3.86. The first kappa shape index (κ1) is 16.5. The summed E-state index contributed by atoms with van der Waals surface area (Å²) < 4.78 is 1.95. The van der Waals surface area contributed by atoms with E-state index in [1.165, 1.54) is 27.8 Å². The third-order valence-corrected chi connectivity index (χ3v) is 5.17. The van der Waals surface area contributed by atoms with E-state index in [0.717, 1.165) is 16.5 Å². The zero-order valence-corrected chi connectivity index (χ0v) is 15.6. The van der Waals surface area contributed by atoms with E-state index in [1.807, 2.05) is 30.3 Å². The van der Waals surface area contributed by atoms with E-state index in [9.17, 15) is 0 Å². The molecule has 0 N–H and O–H groups in total. The van der Waals surface area contributed by atoms with Crippen LogP contribution in [-0.4, -0.2) is 14.8 Å². The van der Waals surface area contributed by atoms with Crippen LogP contribution in [0.25, 0.3) is 44.3 Å². The lowest BCUT2D eigenvalue weighted by molar-refractivity contribution is 0.797. The standard InChI is InChI=1S/C25H19N3/c1-28-23-16-21(18-8-4-2-5-9-18)24(20-12-14-26-15-13-20)25(22(23)17-27-28)19-10-6-3-7-11-19/h2-17H,1H3. The third-order valence-electron chi connectivity index (χ3n) is 5.17. The fourth-order valence-electron chi connectivity index (χ4n) is 3.86. The zero-order valence-electron chi connectivity index (χ0n) is 15.6. The lowest BCUT2D eigenvalue weighted by Crippen LogP contribution is -1.95. The number of aromatic nitrogens is 3. The molecule has 2 aromatic heterocycles. The molecule has 0 spiro atoms. The fraction of sp³-hybridized carbons (Fsp3) is 0.0400. The van der Waals surface area contributed by atoms with Crippen LogP contribution < -0.4 is 0 Å². The monoisotopic (exact) mass is 361 g/mol. The van der Waals surface area contributed by atoms with Crippen molar-refractivity contribution in [1.29, 1.82) is 0 Å². The van der Waals surface area contributed by atoms with Crippen molar-refractivity contribution in [2.75, 3.05) is 0 Å². The van der Waals surface area contributed by atoms with E-state index < -0.39 is 0 Å². The average molecular weight is 361 g/mol. The van der Waals surface area contributed by atoms with Gasteiger partial charge in [0.1, 0.15) is 0 Å². The molecule has 0 fully saturated rings. The predicted molar refractivity (Wildman–Crippen MR) is 115 cm³/mol. The molecule has 2 heterocycles. The maximum absolute atomic E-state index is 4.56. The van der Waals surface area contributed by atoms with Gasteiger partial charge in [-0.25, -0.2) is 0 Å². The van der Waals surface area contributed by atoms with Crippen molar-refractivity contribution in [3.8, 4) is 33.4 Å². The molecule has 3 aromatic carbocycles. The van der Waals surface area contributed by atoms with Crippen molar-refractivity contribution >= 4 is 10.9 Å². The van der Waals surface area contributed by atoms with E-state index in [4.69, 9.17) is 0 Å². The normalized spacial score (nSPS) is 11.0. The number of hydrogen-bond donors (Lipinski definition) is 0. The minimum atomic E-state index is 1.12. The molecule has 3 nitrogen and oxygen atoms in total. The number of aryl methyl sites for hydroxylation is 1. The Morgan fingerprint density at radius 1 is 0.679 bits per heavy atom. The summed E-state index contributed by atoms with van der Waals surface area (Å²) in [6.07, 6.45) is 5.68. The molecule has 28 heavy (non-hydrogen) atoms. The lowest BCUT2D eigenvalue weighted by Gasteiger charge is -2.18. The predicted octanol–water partition coefficient (Wildman–Crippen LogP) is 5.97. The van der Waals surface area contributed by atoms with Gasteiger partial charge in [-0.15, -0.1) is 0 Å². The molecule has 0 aliphatic carbocycles. The number of hydrogen-bond acceptors (Lipinski definition) is 2. The van der Waals surface area contributed by atoms with Gasteiger partial charge in [-0.3, -0.25) is 9.67 Å². The van der Waals surface area contributed by atoms with Crippen LogP contribution >= 0.6 is 0 Å². The molecule has 0 bridgehead atoms. The Balaban J connectivity index is 1.98. The Morgan fingerprint density at radius 2 is 1.29 bits per heavy atom. The van der Waals surface area contributed by atoms with Crippen molar-refractivity contribution in [3.05, 3.63) is 97.5 Å². The summed E-state index contributed by atoms with van der Waals surface area (Å²) in [6.45, 7) is 0. The molecule has 134 valence electrons. The van der Waals surface area contributed by atoms with Gasteiger partial charge in [-0.2, -0.15) is 5.10 Å². The molecule has 0 atom stereocenters. The van der Waals surface area contributed by atoms with Crippen LogP contribution in [0.3, 0.4) is 0 Å². The van der Waals surface area contributed by atoms with Crippen molar-refractivity contribution in [1.82, 2.24) is 14.8 Å². The molecule has 0 aliphatic heterocycles. The summed E-state index contributed by atoms with van der Waals surface area (Å²) in [5.41, 5.74) is 8.26. The zero-order chi connectivity index (χ0) is 18.9. The van der Waals surface area contributed by atoms with Gasteiger partial charge in [-0.1, -0.05) is 60.7 Å². The molecule has 0 saturated heterocycles. The Morgan fingerprint density at radius 3 is 1.96 bits per heavy atom. The quantitative estimate of drug-likeness (QED) is 0.396. The summed E-state index contributed by atoms with van der Waals surface area (Å²) in [5, 5.41) is 5.71. The van der Waals surface area contributed by atoms with E-state index in [1.54, 1.807) is 0 Å². The Bertz CT molecular complexity index is 1240. The lowest BCUT2D eigenvalue weighted by atomic mass is 9.86. The minimum Gasteiger partial charge on any atom is -0.268 e. The van der Waals surface area contributed by atoms with Gasteiger partial charge >= 0.3 is 0 Å². The van der Waals surface area contributed by atoms with Crippen LogP contribution in [-0.2, 0) is 7.05 Å². The van der Waals surface area contributed by atoms with E-state index in [-0.39, 0.29) is 0 Å². The first-order valence-electron chi connectivity index (χ1n) is 9.33. The highest BCUT2D eigenvalue weighted by molar-refractivity contribution is 6.08. The Labute approximate surface area is 163 Å². The second-order valence-corrected chi connectivity index (χ2v) is 6.84. The largest absolute Gasteiger partial charge is 0.268 e. The summed E-state index contributed by atoms with van der Waals surface area (Å²) >= 11 is 0. The first-order chi connectivity index (χ1) is 13.8. The molecule has 5 aromatic rings. The van der Waals surface area contributed by atoms with Crippen LogP contribution in [0, 0.1) is 0 Å². The van der Waals surface area contributed by atoms with E-state index in [0.29, 0.717) is 0 Å². The molecule has 0 amide bonds. The maximum Gasteiger partial charge on any atom is 0.0691 e. The van der Waals surface area contributed by atoms with Crippen LogP contribution in [0.15, 0.2) is 97.5 Å². The highest BCUT2D eigenvalue weighted by Crippen LogP contribution is 2.44. The topological polar surface area (TPSA) is 30.7 Å². The van der Waals surface area contributed by atoms with Crippen molar-refractivity contribution in [2.45, 2.75) is 0 Å². The van der Waals surface area contributed by atoms with E-state index in [2.05, 4.69) is 88.9 Å². The van der Waals surface area contributed by atoms with Gasteiger partial charge in [0, 0.05) is 30.4 Å². The molecular formula is C25H19N3. The molecule has 0 unspecified atom stereocenters. The van der Waals surface area contributed by atoms with Gasteiger partial charge in [-0.05, 0) is 46.0 Å². The van der Waals surface area contributed by atoms with Crippen LogP contribution in [0.2, 0.25) is 0 Å². The van der Waals surface area contributed by atoms with Crippen molar-refractivity contribution in [3.63, 3.8) is 0 Å². The average Bonchev–Trinajstić information content (AvgIpc) is 3.15. The Kier molecular flexibility index (Phi) is 3.99. The van der Waals surface area contributed by atoms with Crippen molar-refractivity contribution < 1.29 is 0 Å². The van der Waals surface area contributed by atoms with Crippen LogP contribution in [0.4, 0.5) is 0 Å². The number of fused-ring (bicyclic) bond motifs is 1. The Hall–Kier alpha value is -3.72. The summed E-state index contributed by atoms with van der Waals surface area (Å²) in [6, 6.07) is 27.5. The molecule has 5 rings (SSSR count). The van der Waals surface area contributed by atoms with E-state index >= 15 is 0 Å². The second kappa shape index (κ2) is 6.78. The first-order valence-corrected chi connectivity index (χ1v) is 9.33. The highest BCUT2D eigenvalue weighted by Gasteiger charge is 2.19. The van der Waals surface area contributed by atoms with Gasteiger partial charge < -0.3 is 0 Å². The molecule has 0 aliphatic rings. The molecule has 0 radical (unpaired) electrons. The number of nitrogens with zero attached hydrogens (tertiary/aromatic N) is 3. The summed E-state index contributed by atoms with van der Waals surface area (Å²) in [4.78, 5) is 4.23. The molecule has 3 heteroatoms. The van der Waals surface area contributed by atoms with Crippen LogP contribution in [0.5, 0.6) is 0 Å². The molecular weight excluding hydrogens is 342 g/mol. The smallest absolute Gasteiger partial charge is 0.0691 e. The SMILES string of the molecule is Cn1ncc2c(-c3ccccc3)c(-c3ccncc3)c(-c3ccccc3)cc21. The number of benzene rings is 3. The van der Waals surface area contributed by atoms with Gasteiger partial charge in [0.15, 0.2) is 0 Å². The minimum absolute atomic E-state index is 1.12. The third kappa shape index (κ3) is 2.69. The van der Waals surface area contributed by atoms with Gasteiger partial charge in [0.2, 0.25) is 0 Å². The summed E-state index contributed by atoms with van der Waals surface area (Å²) in [5.74, 6) is 0. The highest BCUT2D eigenvalue weighted by atomic mass is 15.2. The number of pyridine rings is 1.